The summed E-state index contributed by atoms with van der Waals surface area (Å²) < 4.78 is 34.2. The predicted molar refractivity (Wildman–Crippen MR) is 122 cm³/mol. The zero-order valence-electron chi connectivity index (χ0n) is 19.0. The molecule has 12 heteroatoms. The highest BCUT2D eigenvalue weighted by Gasteiger charge is 2.35. The first-order valence-corrected chi connectivity index (χ1v) is 10.8. The van der Waals surface area contributed by atoms with Gasteiger partial charge >= 0.3 is 0 Å². The summed E-state index contributed by atoms with van der Waals surface area (Å²) in [6.07, 6.45) is 5.05. The summed E-state index contributed by atoms with van der Waals surface area (Å²) in [5, 5.41) is 9.71. The molecule has 1 amide bonds. The van der Waals surface area contributed by atoms with Crippen LogP contribution in [0.1, 0.15) is 21.7 Å². The van der Waals surface area contributed by atoms with E-state index >= 15 is 0 Å². The quantitative estimate of drug-likeness (QED) is 0.418. The Morgan fingerprint density at radius 2 is 2.09 bits per heavy atom. The minimum absolute atomic E-state index is 0.0943. The highest BCUT2D eigenvalue weighted by molar-refractivity contribution is 5.92. The van der Waals surface area contributed by atoms with E-state index in [1.54, 1.807) is 41.2 Å². The maximum absolute atomic E-state index is 13.8. The fourth-order valence-electron chi connectivity index (χ4n) is 4.04. The number of carbonyl (C=O) groups is 1. The van der Waals surface area contributed by atoms with Crippen LogP contribution in [0.5, 0.6) is 0 Å². The standard InChI is InChI=1S/C23H22F2N8O2/c1-13-8-26-23(29-19-5-6-27-31-19)30-20(13)18-11-32-10-15(12-35-2)33(22(34)21(32)28-18)9-14-3-4-16(24)17(25)7-14/h3-8,11,15H,9-10,12H2,1-2H3,(H2,26,27,29,30,31). The van der Waals surface area contributed by atoms with Gasteiger partial charge in [-0.1, -0.05) is 6.07 Å². The van der Waals surface area contributed by atoms with Crippen molar-refractivity contribution in [2.24, 2.45) is 0 Å². The van der Waals surface area contributed by atoms with Gasteiger partial charge < -0.3 is 19.5 Å². The molecule has 0 saturated heterocycles. The molecule has 0 radical (unpaired) electrons. The number of nitrogens with zero attached hydrogens (tertiary/aromatic N) is 6. The number of aryl methyl sites for hydroxylation is 1. The van der Waals surface area contributed by atoms with Gasteiger partial charge in [0, 0.05) is 38.7 Å². The number of amides is 1. The minimum atomic E-state index is -0.960. The van der Waals surface area contributed by atoms with Crippen molar-refractivity contribution in [2.45, 2.75) is 26.1 Å². The molecular weight excluding hydrogens is 458 g/mol. The van der Waals surface area contributed by atoms with Crippen molar-refractivity contribution in [1.29, 1.82) is 0 Å². The van der Waals surface area contributed by atoms with Crippen LogP contribution in [-0.2, 0) is 17.8 Å². The largest absolute Gasteiger partial charge is 0.382 e. The van der Waals surface area contributed by atoms with Crippen LogP contribution < -0.4 is 5.32 Å². The monoisotopic (exact) mass is 480 g/mol. The molecule has 0 fully saturated rings. The summed E-state index contributed by atoms with van der Waals surface area (Å²) in [4.78, 5) is 28.4. The maximum atomic E-state index is 13.8. The number of benzene rings is 1. The van der Waals surface area contributed by atoms with Gasteiger partial charge in [-0.05, 0) is 30.2 Å². The number of aromatic nitrogens is 6. The van der Waals surface area contributed by atoms with Crippen molar-refractivity contribution in [1.82, 2.24) is 34.6 Å². The van der Waals surface area contributed by atoms with E-state index in [-0.39, 0.29) is 30.9 Å². The van der Waals surface area contributed by atoms with Gasteiger partial charge in [0.1, 0.15) is 11.5 Å². The number of H-pyrrole nitrogens is 1. The molecule has 0 saturated carbocycles. The molecule has 2 N–H and O–H groups in total. The van der Waals surface area contributed by atoms with Crippen LogP contribution in [-0.4, -0.2) is 60.3 Å². The van der Waals surface area contributed by atoms with Crippen LogP contribution >= 0.6 is 0 Å². The van der Waals surface area contributed by atoms with Crippen LogP contribution in [0.4, 0.5) is 20.5 Å². The maximum Gasteiger partial charge on any atom is 0.290 e. The van der Waals surface area contributed by atoms with E-state index in [0.717, 1.165) is 17.7 Å². The number of nitrogens with one attached hydrogen (secondary N) is 2. The van der Waals surface area contributed by atoms with Crippen molar-refractivity contribution in [3.63, 3.8) is 0 Å². The third-order valence-corrected chi connectivity index (χ3v) is 5.73. The Labute approximate surface area is 199 Å². The lowest BCUT2D eigenvalue weighted by molar-refractivity contribution is 0.0379. The summed E-state index contributed by atoms with van der Waals surface area (Å²) in [5.41, 5.74) is 2.36. The van der Waals surface area contributed by atoms with Gasteiger partial charge in [-0.25, -0.2) is 23.7 Å². The first kappa shape index (κ1) is 22.6. The van der Waals surface area contributed by atoms with E-state index in [1.807, 2.05) is 6.92 Å². The summed E-state index contributed by atoms with van der Waals surface area (Å²) in [6, 6.07) is 5.03. The molecule has 0 spiro atoms. The van der Waals surface area contributed by atoms with Crippen molar-refractivity contribution in [3.8, 4) is 11.4 Å². The van der Waals surface area contributed by atoms with E-state index < -0.39 is 11.6 Å². The zero-order valence-corrected chi connectivity index (χ0v) is 19.0. The fourth-order valence-corrected chi connectivity index (χ4v) is 4.04. The number of hydrogen-bond acceptors (Lipinski definition) is 7. The number of hydrogen-bond donors (Lipinski definition) is 2. The lowest BCUT2D eigenvalue weighted by Gasteiger charge is -2.35. The number of fused-ring (bicyclic) bond motifs is 1. The second-order valence-electron chi connectivity index (χ2n) is 8.21. The molecule has 4 aromatic rings. The van der Waals surface area contributed by atoms with E-state index in [0.29, 0.717) is 35.3 Å². The highest BCUT2D eigenvalue weighted by atomic mass is 19.2. The molecule has 10 nitrogen and oxygen atoms in total. The number of imidazole rings is 1. The molecular formula is C23H22F2N8O2. The molecule has 1 aliphatic heterocycles. The van der Waals surface area contributed by atoms with Crippen molar-refractivity contribution in [3.05, 3.63) is 71.4 Å². The number of ether oxygens (including phenoxy) is 1. The van der Waals surface area contributed by atoms with Crippen molar-refractivity contribution in [2.75, 3.05) is 19.0 Å². The van der Waals surface area contributed by atoms with Crippen molar-refractivity contribution >= 4 is 17.7 Å². The summed E-state index contributed by atoms with van der Waals surface area (Å²) in [7, 11) is 1.55. The zero-order chi connectivity index (χ0) is 24.5. The topological polar surface area (TPSA) is 114 Å². The van der Waals surface area contributed by atoms with Crippen LogP contribution in [0.3, 0.4) is 0 Å². The smallest absolute Gasteiger partial charge is 0.290 e. The van der Waals surface area contributed by atoms with E-state index in [2.05, 4.69) is 30.5 Å². The molecule has 1 unspecified atom stereocenters. The lowest BCUT2D eigenvalue weighted by Crippen LogP contribution is -2.49. The SMILES string of the molecule is COCC1Cn2cc(-c3nc(Nc4ccn[nH]4)ncc3C)nc2C(=O)N1Cc1ccc(F)c(F)c1. The Balaban J connectivity index is 1.46. The van der Waals surface area contributed by atoms with Gasteiger partial charge in [0.2, 0.25) is 5.95 Å². The van der Waals surface area contributed by atoms with E-state index in [9.17, 15) is 13.6 Å². The first-order chi connectivity index (χ1) is 16.9. The Morgan fingerprint density at radius 1 is 1.23 bits per heavy atom. The van der Waals surface area contributed by atoms with Gasteiger partial charge in [0.15, 0.2) is 17.5 Å². The average Bonchev–Trinajstić information content (AvgIpc) is 3.50. The van der Waals surface area contributed by atoms with E-state index in [4.69, 9.17) is 4.74 Å². The molecule has 3 aromatic heterocycles. The number of carbonyl (C=O) groups excluding carboxylic acids is 1. The summed E-state index contributed by atoms with van der Waals surface area (Å²) in [6.45, 7) is 2.65. The van der Waals surface area contributed by atoms with Gasteiger partial charge in [0.25, 0.3) is 5.91 Å². The normalized spacial score (nSPS) is 15.4. The Morgan fingerprint density at radius 3 is 2.83 bits per heavy atom. The number of methoxy groups -OCH3 is 1. The Bertz CT molecular complexity index is 1370. The Hall–Kier alpha value is -4.19. The highest BCUT2D eigenvalue weighted by Crippen LogP contribution is 2.27. The molecule has 5 rings (SSSR count). The molecule has 1 atom stereocenters. The van der Waals surface area contributed by atoms with Gasteiger partial charge in [-0.15, -0.1) is 0 Å². The first-order valence-electron chi connectivity index (χ1n) is 10.8. The van der Waals surface area contributed by atoms with Crippen LogP contribution in [0.2, 0.25) is 0 Å². The fraction of sp³-hybridized carbons (Fsp3) is 0.261. The molecule has 1 aromatic carbocycles. The minimum Gasteiger partial charge on any atom is -0.382 e. The van der Waals surface area contributed by atoms with E-state index in [1.165, 1.54) is 6.07 Å². The summed E-state index contributed by atoms with van der Waals surface area (Å²) >= 11 is 0. The Kier molecular flexibility index (Phi) is 5.95. The van der Waals surface area contributed by atoms with Gasteiger partial charge in [-0.3, -0.25) is 9.89 Å². The second kappa shape index (κ2) is 9.22. The van der Waals surface area contributed by atoms with Gasteiger partial charge in [0.05, 0.1) is 24.5 Å². The molecule has 0 bridgehead atoms. The predicted octanol–water partition coefficient (Wildman–Crippen LogP) is 3.06. The molecule has 35 heavy (non-hydrogen) atoms. The lowest BCUT2D eigenvalue weighted by atomic mass is 10.1. The number of aromatic amines is 1. The molecule has 4 heterocycles. The number of halogens is 2. The third kappa shape index (κ3) is 4.47. The van der Waals surface area contributed by atoms with Crippen LogP contribution in [0, 0.1) is 18.6 Å². The third-order valence-electron chi connectivity index (χ3n) is 5.73. The second-order valence-corrected chi connectivity index (χ2v) is 8.21. The number of rotatable bonds is 7. The number of anilines is 2. The molecule has 1 aliphatic rings. The van der Waals surface area contributed by atoms with Crippen LogP contribution in [0.15, 0.2) is 42.9 Å². The molecule has 180 valence electrons. The van der Waals surface area contributed by atoms with Crippen molar-refractivity contribution < 1.29 is 18.3 Å². The average molecular weight is 480 g/mol. The molecule has 0 aliphatic carbocycles. The van der Waals surface area contributed by atoms with Gasteiger partial charge in [-0.2, -0.15) is 5.10 Å². The van der Waals surface area contributed by atoms with Crippen LogP contribution in [0.25, 0.3) is 11.4 Å². The summed E-state index contributed by atoms with van der Waals surface area (Å²) in [5.74, 6) is -1.02.